The predicted molar refractivity (Wildman–Crippen MR) is 83.4 cm³/mol. The normalized spacial score (nSPS) is 14.5. The number of amides is 1. The van der Waals surface area contributed by atoms with Crippen LogP contribution in [0.1, 0.15) is 22.8 Å². The fourth-order valence-electron chi connectivity index (χ4n) is 1.78. The van der Waals surface area contributed by atoms with Crippen LogP contribution in [0.25, 0.3) is 0 Å². The summed E-state index contributed by atoms with van der Waals surface area (Å²) in [6.07, 6.45) is 1.54. The molecule has 0 saturated heterocycles. The zero-order valence-electron chi connectivity index (χ0n) is 11.8. The Balaban J connectivity index is 3.12. The van der Waals surface area contributed by atoms with Crippen LogP contribution in [-0.2, 0) is 20.8 Å². The summed E-state index contributed by atoms with van der Waals surface area (Å²) in [6, 6.07) is 2.30. The van der Waals surface area contributed by atoms with E-state index in [1.165, 1.54) is 12.3 Å². The monoisotopic (exact) mass is 352 g/mol. The third-order valence-electron chi connectivity index (χ3n) is 2.65. The summed E-state index contributed by atoms with van der Waals surface area (Å²) < 4.78 is 34.0. The Hall–Kier alpha value is -0.960. The van der Waals surface area contributed by atoms with Gasteiger partial charge in [0, 0.05) is 34.4 Å². The van der Waals surface area contributed by atoms with E-state index in [-0.39, 0.29) is 21.5 Å². The molecule has 0 aliphatic rings. The van der Waals surface area contributed by atoms with Gasteiger partial charge in [-0.1, -0.05) is 11.6 Å². The van der Waals surface area contributed by atoms with Crippen molar-refractivity contribution in [3.8, 4) is 0 Å². The maximum absolute atomic E-state index is 12.1. The van der Waals surface area contributed by atoms with Crippen molar-refractivity contribution >= 4 is 38.3 Å². The molecule has 0 aromatic heterocycles. The van der Waals surface area contributed by atoms with Gasteiger partial charge in [0.2, 0.25) is 10.0 Å². The minimum Gasteiger partial charge on any atom is -0.349 e. The summed E-state index contributed by atoms with van der Waals surface area (Å²) in [5.74, 6) is -0.169. The van der Waals surface area contributed by atoms with E-state index in [1.807, 2.05) is 0 Å². The number of nitrogens with two attached hydrogens (primary N) is 1. The lowest BCUT2D eigenvalue weighted by Crippen LogP contribution is -2.36. The number of hydrogen-bond donors (Lipinski definition) is 2. The van der Waals surface area contributed by atoms with Crippen molar-refractivity contribution in [1.29, 1.82) is 0 Å². The Morgan fingerprint density at radius 1 is 1.48 bits per heavy atom. The molecule has 0 aliphatic heterocycles. The summed E-state index contributed by atoms with van der Waals surface area (Å²) >= 11 is 5.90. The number of aryl methyl sites for hydroxylation is 1. The van der Waals surface area contributed by atoms with Gasteiger partial charge in [0.1, 0.15) is 4.90 Å². The zero-order chi connectivity index (χ0) is 16.4. The van der Waals surface area contributed by atoms with Gasteiger partial charge in [-0.05, 0) is 31.5 Å². The quantitative estimate of drug-likeness (QED) is 0.817. The molecule has 0 radical (unpaired) electrons. The van der Waals surface area contributed by atoms with E-state index >= 15 is 0 Å². The maximum atomic E-state index is 12.1. The fourth-order valence-corrected chi connectivity index (χ4v) is 3.70. The molecule has 2 atom stereocenters. The van der Waals surface area contributed by atoms with E-state index in [0.717, 1.165) is 6.07 Å². The highest BCUT2D eigenvalue weighted by molar-refractivity contribution is 7.89. The van der Waals surface area contributed by atoms with Crippen molar-refractivity contribution in [2.24, 2.45) is 5.14 Å². The lowest BCUT2D eigenvalue weighted by molar-refractivity contribution is 0.0943. The summed E-state index contributed by atoms with van der Waals surface area (Å²) in [5, 5.41) is 7.72. The summed E-state index contributed by atoms with van der Waals surface area (Å²) in [7, 11) is -5.07. The first-order valence-corrected chi connectivity index (χ1v) is 9.61. The van der Waals surface area contributed by atoms with Gasteiger partial charge in [0.25, 0.3) is 5.91 Å². The summed E-state index contributed by atoms with van der Waals surface area (Å²) in [4.78, 5) is 11.8. The number of nitrogens with one attached hydrogen (secondary N) is 1. The summed E-state index contributed by atoms with van der Waals surface area (Å²) in [6.45, 7) is 3.29. The van der Waals surface area contributed by atoms with Crippen LogP contribution < -0.4 is 10.5 Å². The van der Waals surface area contributed by atoms with Crippen LogP contribution in [0.5, 0.6) is 0 Å². The lowest BCUT2D eigenvalue weighted by atomic mass is 10.1. The van der Waals surface area contributed by atoms with Crippen molar-refractivity contribution in [2.45, 2.75) is 24.8 Å². The van der Waals surface area contributed by atoms with Crippen molar-refractivity contribution in [2.75, 3.05) is 12.0 Å². The van der Waals surface area contributed by atoms with Crippen LogP contribution in [0, 0.1) is 6.92 Å². The number of sulfonamides is 1. The maximum Gasteiger partial charge on any atom is 0.251 e. The Morgan fingerprint density at radius 2 is 2.05 bits per heavy atom. The molecule has 21 heavy (non-hydrogen) atoms. The van der Waals surface area contributed by atoms with Crippen LogP contribution in [0.15, 0.2) is 17.0 Å². The highest BCUT2D eigenvalue weighted by Crippen LogP contribution is 2.25. The number of primary sulfonamides is 1. The smallest absolute Gasteiger partial charge is 0.251 e. The Morgan fingerprint density at radius 3 is 2.52 bits per heavy atom. The molecule has 0 bridgehead atoms. The first-order valence-electron chi connectivity index (χ1n) is 5.96. The average Bonchev–Trinajstić information content (AvgIpc) is 2.29. The molecule has 1 rings (SSSR count). The molecule has 118 valence electrons. The molecule has 0 heterocycles. The fraction of sp³-hybridized carbons (Fsp3) is 0.417. The van der Waals surface area contributed by atoms with Crippen LogP contribution in [0.2, 0.25) is 5.02 Å². The molecular formula is C12H17ClN2O4S2. The number of rotatable bonds is 5. The first-order chi connectivity index (χ1) is 9.52. The standard InChI is InChI=1S/C12H17ClN2O4S2/c1-7-4-9(5-10(11(7)13)21(14,18)19)12(16)15-8(2)6-20(3)17/h4-5,8H,6H2,1-3H3,(H,15,16)(H2,14,18,19). The number of carbonyl (C=O) groups is 1. The van der Waals surface area contributed by atoms with Crippen LogP contribution in [-0.4, -0.2) is 36.6 Å². The van der Waals surface area contributed by atoms with Gasteiger partial charge >= 0.3 is 0 Å². The minimum absolute atomic E-state index is 0.00300. The van der Waals surface area contributed by atoms with Gasteiger partial charge in [0.05, 0.1) is 5.02 Å². The van der Waals surface area contributed by atoms with Crippen molar-refractivity contribution < 1.29 is 17.4 Å². The molecule has 1 aromatic carbocycles. The number of carbonyl (C=O) groups excluding carboxylic acids is 1. The van der Waals surface area contributed by atoms with Crippen LogP contribution in [0.3, 0.4) is 0 Å². The number of benzene rings is 1. The average molecular weight is 353 g/mol. The third kappa shape index (κ3) is 5.06. The van der Waals surface area contributed by atoms with E-state index in [0.29, 0.717) is 11.3 Å². The number of hydrogen-bond acceptors (Lipinski definition) is 4. The lowest BCUT2D eigenvalue weighted by Gasteiger charge is -2.14. The highest BCUT2D eigenvalue weighted by Gasteiger charge is 2.19. The molecule has 9 heteroatoms. The molecule has 1 amide bonds. The predicted octanol–water partition coefficient (Wildman–Crippen LogP) is 0.793. The van der Waals surface area contributed by atoms with Crippen molar-refractivity contribution in [1.82, 2.24) is 5.32 Å². The van der Waals surface area contributed by atoms with E-state index in [9.17, 15) is 17.4 Å². The largest absolute Gasteiger partial charge is 0.349 e. The second-order valence-electron chi connectivity index (χ2n) is 4.76. The molecule has 1 aromatic rings. The van der Waals surface area contributed by atoms with Crippen molar-refractivity contribution in [3.63, 3.8) is 0 Å². The van der Waals surface area contributed by atoms with Crippen molar-refractivity contribution in [3.05, 3.63) is 28.3 Å². The highest BCUT2D eigenvalue weighted by atomic mass is 35.5. The first kappa shape index (κ1) is 18.1. The zero-order valence-corrected chi connectivity index (χ0v) is 14.2. The van der Waals surface area contributed by atoms with Crippen LogP contribution >= 0.6 is 11.6 Å². The third-order valence-corrected chi connectivity index (χ3v) is 5.17. The van der Waals surface area contributed by atoms with E-state index in [1.54, 1.807) is 13.8 Å². The minimum atomic E-state index is -4.02. The van der Waals surface area contributed by atoms with Gasteiger partial charge in [-0.15, -0.1) is 0 Å². The van der Waals surface area contributed by atoms with Gasteiger partial charge in [0.15, 0.2) is 0 Å². The molecule has 0 spiro atoms. The van der Waals surface area contributed by atoms with Crippen LogP contribution in [0.4, 0.5) is 0 Å². The van der Waals surface area contributed by atoms with Gasteiger partial charge in [-0.2, -0.15) is 0 Å². The number of halogens is 1. The van der Waals surface area contributed by atoms with E-state index < -0.39 is 26.7 Å². The molecule has 2 unspecified atom stereocenters. The summed E-state index contributed by atoms with van der Waals surface area (Å²) in [5.41, 5.74) is 0.565. The molecule has 0 fully saturated rings. The van der Waals surface area contributed by atoms with E-state index in [4.69, 9.17) is 16.7 Å². The second-order valence-corrected chi connectivity index (χ2v) is 8.15. The van der Waals surface area contributed by atoms with Gasteiger partial charge < -0.3 is 5.32 Å². The Bertz CT molecular complexity index is 689. The van der Waals surface area contributed by atoms with E-state index in [2.05, 4.69) is 5.32 Å². The Labute approximate surface area is 131 Å². The molecule has 0 aliphatic carbocycles. The molecule has 3 N–H and O–H groups in total. The topological polar surface area (TPSA) is 106 Å². The second kappa shape index (κ2) is 6.87. The molecular weight excluding hydrogens is 336 g/mol. The molecule has 0 saturated carbocycles. The molecule has 6 nitrogen and oxygen atoms in total. The Kier molecular flexibility index (Phi) is 5.92. The SMILES string of the molecule is Cc1cc(C(=O)NC(C)CS(C)=O)cc(S(N)(=O)=O)c1Cl. The van der Waals surface area contributed by atoms with Gasteiger partial charge in [-0.25, -0.2) is 13.6 Å². The van der Waals surface area contributed by atoms with Gasteiger partial charge in [-0.3, -0.25) is 9.00 Å².